The van der Waals surface area contributed by atoms with Gasteiger partial charge < -0.3 is 15.5 Å². The van der Waals surface area contributed by atoms with Crippen molar-refractivity contribution in [2.75, 3.05) is 0 Å². The maximum atomic E-state index is 12.3. The van der Waals surface area contributed by atoms with E-state index in [9.17, 15) is 19.8 Å². The van der Waals surface area contributed by atoms with E-state index in [0.29, 0.717) is 18.6 Å². The summed E-state index contributed by atoms with van der Waals surface area (Å²) >= 11 is 0. The third-order valence-corrected chi connectivity index (χ3v) is 9.05. The molecule has 5 heteroatoms. The molecule has 4 aromatic rings. The molecule has 0 saturated heterocycles. The molecule has 2 aliphatic carbocycles. The molecule has 3 atom stereocenters. The second-order valence-electron chi connectivity index (χ2n) is 12.0. The number of aliphatic hydroxyl groups is 2. The highest BCUT2D eigenvalue weighted by Crippen LogP contribution is 2.36. The number of hydrogen-bond acceptors (Lipinski definition) is 4. The molecule has 0 bridgehead atoms. The van der Waals surface area contributed by atoms with Gasteiger partial charge in [-0.3, -0.25) is 9.59 Å². The topological polar surface area (TPSA) is 86.6 Å². The summed E-state index contributed by atoms with van der Waals surface area (Å²) in [5.41, 5.74) is 9.27. The Hall–Kier alpha value is -4.06. The largest absolute Gasteiger partial charge is 0.392 e. The smallest absolute Gasteiger partial charge is 0.219 e. The molecule has 0 aromatic heterocycles. The predicted octanol–water partition coefficient (Wildman–Crippen LogP) is 6.37. The van der Waals surface area contributed by atoms with Crippen LogP contribution in [-0.4, -0.2) is 27.9 Å². The maximum absolute atomic E-state index is 12.3. The van der Waals surface area contributed by atoms with E-state index in [1.807, 2.05) is 49.4 Å². The Kier molecular flexibility index (Phi) is 10.8. The Balaban J connectivity index is 0.000000177. The van der Waals surface area contributed by atoms with Gasteiger partial charge in [0.1, 0.15) is 5.78 Å². The number of hydrogen-bond donors (Lipinski definition) is 3. The van der Waals surface area contributed by atoms with E-state index in [1.165, 1.54) is 27.8 Å². The second kappa shape index (κ2) is 15.1. The van der Waals surface area contributed by atoms with Gasteiger partial charge in [-0.25, -0.2) is 0 Å². The molecule has 3 unspecified atom stereocenters. The monoisotopic (exact) mass is 589 g/mol. The van der Waals surface area contributed by atoms with E-state index in [4.69, 9.17) is 0 Å². The first-order valence-corrected chi connectivity index (χ1v) is 15.8. The summed E-state index contributed by atoms with van der Waals surface area (Å²) in [5, 5.41) is 22.0. The lowest BCUT2D eigenvalue weighted by molar-refractivity contribution is -0.122. The van der Waals surface area contributed by atoms with Gasteiger partial charge in [-0.1, -0.05) is 104 Å². The fraction of sp³-hybridized carbons (Fsp3) is 0.333. The zero-order valence-electron chi connectivity index (χ0n) is 25.5. The Bertz CT molecular complexity index is 1550. The van der Waals surface area contributed by atoms with Crippen molar-refractivity contribution in [3.63, 3.8) is 0 Å². The van der Waals surface area contributed by atoms with E-state index < -0.39 is 0 Å². The van der Waals surface area contributed by atoms with Crippen molar-refractivity contribution in [3.8, 4) is 0 Å². The molecule has 0 saturated carbocycles. The fourth-order valence-corrected chi connectivity index (χ4v) is 6.62. The molecule has 0 fully saturated rings. The van der Waals surface area contributed by atoms with E-state index in [-0.39, 0.29) is 37.0 Å². The zero-order valence-corrected chi connectivity index (χ0v) is 25.5. The molecule has 0 radical (unpaired) electrons. The van der Waals surface area contributed by atoms with Crippen LogP contribution in [-0.2, 0) is 48.5 Å². The molecule has 0 heterocycles. The van der Waals surface area contributed by atoms with Crippen molar-refractivity contribution in [2.24, 2.45) is 0 Å². The molecule has 0 aliphatic heterocycles. The number of nitrogens with one attached hydrogen (secondary N) is 1. The number of Topliss-reactive ketones (excluding diaryl/α,β-unsaturated/α-hetero) is 1. The van der Waals surface area contributed by atoms with Crippen LogP contribution >= 0.6 is 0 Å². The Morgan fingerprint density at radius 1 is 0.705 bits per heavy atom. The first kappa shape index (κ1) is 31.4. The number of rotatable bonds is 8. The molecule has 44 heavy (non-hydrogen) atoms. The zero-order chi connectivity index (χ0) is 30.9. The standard InChI is InChI=1S/C21H25NO2.C18H18O2/c1-2-21(24)22-20-11-10-17-9-8-16(14-23)13-18(17)19(20)12-15-6-4-3-5-7-15;19-12-14-6-7-15-8-9-18(20)17(16(15)11-14)10-13-4-2-1-3-5-13/h3-9,13,19-20,23H,2,10-12,14H2,1H3,(H,22,24);1-7,11,17,19H,8-10,12H2. The molecule has 3 N–H and O–H groups in total. The van der Waals surface area contributed by atoms with Crippen LogP contribution in [0.4, 0.5) is 0 Å². The average molecular weight is 590 g/mol. The van der Waals surface area contributed by atoms with Crippen LogP contribution in [0.5, 0.6) is 0 Å². The summed E-state index contributed by atoms with van der Waals surface area (Å²) < 4.78 is 0. The van der Waals surface area contributed by atoms with Crippen molar-refractivity contribution < 1.29 is 19.8 Å². The molecule has 2 aliphatic rings. The lowest BCUT2D eigenvalue weighted by Gasteiger charge is -2.35. The first-order chi connectivity index (χ1) is 21.5. The van der Waals surface area contributed by atoms with E-state index in [2.05, 4.69) is 59.9 Å². The summed E-state index contributed by atoms with van der Waals surface area (Å²) in [6.45, 7) is 1.97. The molecule has 4 aromatic carbocycles. The van der Waals surface area contributed by atoms with Crippen molar-refractivity contribution in [1.29, 1.82) is 0 Å². The van der Waals surface area contributed by atoms with Crippen LogP contribution in [0.3, 0.4) is 0 Å². The van der Waals surface area contributed by atoms with Crippen molar-refractivity contribution in [2.45, 2.75) is 83.0 Å². The number of fused-ring (bicyclic) bond motifs is 2. The molecular weight excluding hydrogens is 546 g/mol. The summed E-state index contributed by atoms with van der Waals surface area (Å²) in [4.78, 5) is 24.3. The van der Waals surface area contributed by atoms with Gasteiger partial charge in [-0.2, -0.15) is 0 Å². The minimum absolute atomic E-state index is 0.0273. The highest BCUT2D eigenvalue weighted by atomic mass is 16.3. The normalized spacial score (nSPS) is 18.8. The number of carbonyl (C=O) groups excluding carboxylic acids is 2. The van der Waals surface area contributed by atoms with Crippen LogP contribution < -0.4 is 5.32 Å². The highest BCUT2D eigenvalue weighted by Gasteiger charge is 2.31. The Morgan fingerprint density at radius 2 is 1.27 bits per heavy atom. The van der Waals surface area contributed by atoms with Crippen LogP contribution in [0.2, 0.25) is 0 Å². The number of benzene rings is 4. The van der Waals surface area contributed by atoms with Gasteiger partial charge in [0.2, 0.25) is 5.91 Å². The van der Waals surface area contributed by atoms with Gasteiger partial charge in [-0.15, -0.1) is 0 Å². The minimum atomic E-state index is -0.0624. The summed E-state index contributed by atoms with van der Waals surface area (Å²) in [5.74, 6) is 0.613. The lowest BCUT2D eigenvalue weighted by Crippen LogP contribution is -2.42. The average Bonchev–Trinajstić information content (AvgIpc) is 3.07. The molecule has 1 amide bonds. The quantitative estimate of drug-likeness (QED) is 0.223. The van der Waals surface area contributed by atoms with Crippen LogP contribution in [0.15, 0.2) is 97.1 Å². The molecule has 228 valence electrons. The second-order valence-corrected chi connectivity index (χ2v) is 12.0. The first-order valence-electron chi connectivity index (χ1n) is 15.8. The summed E-state index contributed by atoms with van der Waals surface area (Å²) in [6, 6.07) is 33.0. The van der Waals surface area contributed by atoms with E-state index in [0.717, 1.165) is 48.8 Å². The van der Waals surface area contributed by atoms with Gasteiger partial charge >= 0.3 is 0 Å². The van der Waals surface area contributed by atoms with Gasteiger partial charge in [0.25, 0.3) is 0 Å². The van der Waals surface area contributed by atoms with Crippen LogP contribution in [0.25, 0.3) is 0 Å². The minimum Gasteiger partial charge on any atom is -0.392 e. The van der Waals surface area contributed by atoms with E-state index >= 15 is 0 Å². The number of aryl methyl sites for hydroxylation is 2. The van der Waals surface area contributed by atoms with Crippen molar-refractivity contribution >= 4 is 11.7 Å². The molecule has 0 spiro atoms. The SMILES string of the molecule is CCC(=O)NC1CCc2ccc(CO)cc2C1Cc1ccccc1.O=C1CCc2ccc(CO)cc2C1Cc1ccccc1. The lowest BCUT2D eigenvalue weighted by atomic mass is 9.75. The fourth-order valence-electron chi connectivity index (χ4n) is 6.62. The molecular formula is C39H43NO4. The summed E-state index contributed by atoms with van der Waals surface area (Å²) in [7, 11) is 0. The number of aliphatic hydroxyl groups excluding tert-OH is 2. The van der Waals surface area contributed by atoms with Crippen molar-refractivity contribution in [1.82, 2.24) is 5.32 Å². The van der Waals surface area contributed by atoms with Gasteiger partial charge in [0, 0.05) is 30.7 Å². The predicted molar refractivity (Wildman–Crippen MR) is 174 cm³/mol. The number of carbonyl (C=O) groups is 2. The van der Waals surface area contributed by atoms with Crippen LogP contribution in [0, 0.1) is 0 Å². The maximum Gasteiger partial charge on any atom is 0.219 e. The third kappa shape index (κ3) is 7.71. The van der Waals surface area contributed by atoms with Gasteiger partial charge in [0.05, 0.1) is 13.2 Å². The Morgan fingerprint density at radius 3 is 1.86 bits per heavy atom. The van der Waals surface area contributed by atoms with Crippen LogP contribution in [0.1, 0.15) is 82.5 Å². The van der Waals surface area contributed by atoms with Crippen molar-refractivity contribution in [3.05, 3.63) is 142 Å². The van der Waals surface area contributed by atoms with Gasteiger partial charge in [0.15, 0.2) is 0 Å². The number of amides is 1. The van der Waals surface area contributed by atoms with Gasteiger partial charge in [-0.05, 0) is 76.6 Å². The third-order valence-electron chi connectivity index (χ3n) is 9.05. The number of ketones is 1. The highest BCUT2D eigenvalue weighted by molar-refractivity contribution is 5.88. The summed E-state index contributed by atoms with van der Waals surface area (Å²) in [6.07, 6.45) is 5.56. The molecule has 6 rings (SSSR count). The molecule has 5 nitrogen and oxygen atoms in total. The Labute approximate surface area is 261 Å². The van der Waals surface area contributed by atoms with E-state index in [1.54, 1.807) is 0 Å².